The SMILES string of the molecule is CCC(C)C(N)C(=O)NCC1COC2(CCCC2)O1. The van der Waals surface area contributed by atoms with Gasteiger partial charge in [0, 0.05) is 19.4 Å². The summed E-state index contributed by atoms with van der Waals surface area (Å²) in [5, 5.41) is 2.88. The highest BCUT2D eigenvalue weighted by Gasteiger charge is 2.43. The molecule has 110 valence electrons. The molecular weight excluding hydrogens is 244 g/mol. The lowest BCUT2D eigenvalue weighted by molar-refractivity contribution is -0.161. The summed E-state index contributed by atoms with van der Waals surface area (Å²) in [4.78, 5) is 11.9. The molecule has 1 spiro atoms. The van der Waals surface area contributed by atoms with Crippen LogP contribution in [0.25, 0.3) is 0 Å². The molecule has 19 heavy (non-hydrogen) atoms. The highest BCUT2D eigenvalue weighted by Crippen LogP contribution is 2.38. The van der Waals surface area contributed by atoms with Gasteiger partial charge in [0.1, 0.15) is 6.10 Å². The second-order valence-corrected chi connectivity index (χ2v) is 5.83. The highest BCUT2D eigenvalue weighted by atomic mass is 16.7. The smallest absolute Gasteiger partial charge is 0.237 e. The van der Waals surface area contributed by atoms with Crippen LogP contribution >= 0.6 is 0 Å². The van der Waals surface area contributed by atoms with Crippen molar-refractivity contribution in [2.24, 2.45) is 11.7 Å². The van der Waals surface area contributed by atoms with Crippen LogP contribution in [0.4, 0.5) is 0 Å². The number of hydrogen-bond donors (Lipinski definition) is 2. The normalized spacial score (nSPS) is 28.5. The quantitative estimate of drug-likeness (QED) is 0.786. The zero-order valence-corrected chi connectivity index (χ0v) is 12.0. The molecule has 1 aliphatic heterocycles. The van der Waals surface area contributed by atoms with Crippen LogP contribution in [-0.2, 0) is 14.3 Å². The molecule has 0 aromatic carbocycles. The molecule has 1 saturated heterocycles. The first-order valence-electron chi connectivity index (χ1n) is 7.41. The number of ether oxygens (including phenoxy) is 2. The van der Waals surface area contributed by atoms with Crippen LogP contribution in [0.5, 0.6) is 0 Å². The first-order chi connectivity index (χ1) is 9.06. The Balaban J connectivity index is 1.73. The predicted molar refractivity (Wildman–Crippen MR) is 72.5 cm³/mol. The van der Waals surface area contributed by atoms with E-state index in [2.05, 4.69) is 5.32 Å². The lowest BCUT2D eigenvalue weighted by Gasteiger charge is -2.22. The molecule has 0 aromatic heterocycles. The van der Waals surface area contributed by atoms with Crippen LogP contribution in [0.15, 0.2) is 0 Å². The van der Waals surface area contributed by atoms with Crippen LogP contribution < -0.4 is 11.1 Å². The Kier molecular flexibility index (Phi) is 4.81. The zero-order chi connectivity index (χ0) is 13.9. The van der Waals surface area contributed by atoms with Gasteiger partial charge in [-0.2, -0.15) is 0 Å². The minimum atomic E-state index is -0.437. The summed E-state index contributed by atoms with van der Waals surface area (Å²) < 4.78 is 11.7. The maximum atomic E-state index is 11.9. The summed E-state index contributed by atoms with van der Waals surface area (Å²) in [5.74, 6) is -0.249. The van der Waals surface area contributed by atoms with E-state index in [9.17, 15) is 4.79 Å². The van der Waals surface area contributed by atoms with E-state index in [-0.39, 0.29) is 23.7 Å². The van der Waals surface area contributed by atoms with Gasteiger partial charge in [0.2, 0.25) is 5.91 Å². The van der Waals surface area contributed by atoms with Crippen molar-refractivity contribution in [2.45, 2.75) is 63.9 Å². The van der Waals surface area contributed by atoms with Gasteiger partial charge in [-0.3, -0.25) is 4.79 Å². The van der Waals surface area contributed by atoms with Crippen LogP contribution in [0, 0.1) is 5.92 Å². The minimum absolute atomic E-state index is 0.0359. The number of carbonyl (C=O) groups is 1. The molecule has 1 amide bonds. The molecule has 3 atom stereocenters. The lowest BCUT2D eigenvalue weighted by atomic mass is 9.99. The molecule has 0 aromatic rings. The van der Waals surface area contributed by atoms with Gasteiger partial charge in [-0.1, -0.05) is 20.3 Å². The summed E-state index contributed by atoms with van der Waals surface area (Å²) in [6, 6.07) is -0.437. The molecule has 2 fully saturated rings. The van der Waals surface area contributed by atoms with Crippen LogP contribution in [0.1, 0.15) is 46.0 Å². The first-order valence-corrected chi connectivity index (χ1v) is 7.41. The van der Waals surface area contributed by atoms with Crippen LogP contribution in [0.2, 0.25) is 0 Å². The number of hydrogen-bond acceptors (Lipinski definition) is 4. The van der Waals surface area contributed by atoms with E-state index in [1.54, 1.807) is 0 Å². The highest BCUT2D eigenvalue weighted by molar-refractivity contribution is 5.81. The average Bonchev–Trinajstić information content (AvgIpc) is 3.05. The third-order valence-corrected chi connectivity index (χ3v) is 4.34. The van der Waals surface area contributed by atoms with Gasteiger partial charge in [-0.05, 0) is 18.8 Å². The number of carbonyl (C=O) groups excluding carboxylic acids is 1. The number of rotatable bonds is 5. The van der Waals surface area contributed by atoms with Gasteiger partial charge in [-0.25, -0.2) is 0 Å². The Labute approximate surface area is 115 Å². The van der Waals surface area contributed by atoms with E-state index < -0.39 is 6.04 Å². The summed E-state index contributed by atoms with van der Waals surface area (Å²) in [5.41, 5.74) is 5.89. The van der Waals surface area contributed by atoms with Crippen molar-refractivity contribution < 1.29 is 14.3 Å². The summed E-state index contributed by atoms with van der Waals surface area (Å²) in [6.07, 6.45) is 5.15. The fourth-order valence-corrected chi connectivity index (χ4v) is 2.74. The molecule has 2 rings (SSSR count). The molecule has 3 N–H and O–H groups in total. The van der Waals surface area contributed by atoms with Crippen LogP contribution in [0.3, 0.4) is 0 Å². The van der Waals surface area contributed by atoms with E-state index in [0.29, 0.717) is 13.2 Å². The lowest BCUT2D eigenvalue weighted by Crippen LogP contribution is -2.47. The van der Waals surface area contributed by atoms with Crippen molar-refractivity contribution in [3.63, 3.8) is 0 Å². The zero-order valence-electron chi connectivity index (χ0n) is 12.0. The van der Waals surface area contributed by atoms with E-state index in [4.69, 9.17) is 15.2 Å². The van der Waals surface area contributed by atoms with Crippen molar-refractivity contribution in [2.75, 3.05) is 13.2 Å². The standard InChI is InChI=1S/C14H26N2O3/c1-3-10(2)12(15)13(17)16-8-11-9-18-14(19-11)6-4-5-7-14/h10-12H,3-9,15H2,1-2H3,(H,16,17). The Bertz CT molecular complexity index is 316. The number of nitrogens with two attached hydrogens (primary N) is 1. The van der Waals surface area contributed by atoms with Gasteiger partial charge < -0.3 is 20.5 Å². The summed E-state index contributed by atoms with van der Waals surface area (Å²) in [6.45, 7) is 5.09. The summed E-state index contributed by atoms with van der Waals surface area (Å²) in [7, 11) is 0. The average molecular weight is 270 g/mol. The molecule has 5 heteroatoms. The Morgan fingerprint density at radius 1 is 1.47 bits per heavy atom. The fraction of sp³-hybridized carbons (Fsp3) is 0.929. The minimum Gasteiger partial charge on any atom is -0.352 e. The van der Waals surface area contributed by atoms with Gasteiger partial charge in [0.25, 0.3) is 0 Å². The predicted octanol–water partition coefficient (Wildman–Crippen LogP) is 1.16. The maximum absolute atomic E-state index is 11.9. The summed E-state index contributed by atoms with van der Waals surface area (Å²) >= 11 is 0. The Morgan fingerprint density at radius 3 is 2.79 bits per heavy atom. The molecule has 5 nitrogen and oxygen atoms in total. The maximum Gasteiger partial charge on any atom is 0.237 e. The second kappa shape index (κ2) is 6.20. The van der Waals surface area contributed by atoms with E-state index in [0.717, 1.165) is 32.1 Å². The third kappa shape index (κ3) is 3.46. The third-order valence-electron chi connectivity index (χ3n) is 4.34. The molecule has 0 radical (unpaired) electrons. The first kappa shape index (κ1) is 14.8. The molecule has 1 heterocycles. The van der Waals surface area contributed by atoms with Crippen LogP contribution in [-0.4, -0.2) is 37.0 Å². The van der Waals surface area contributed by atoms with E-state index in [1.165, 1.54) is 0 Å². The molecule has 0 bridgehead atoms. The molecular formula is C14H26N2O3. The molecule has 2 aliphatic rings. The van der Waals surface area contributed by atoms with Crippen molar-refractivity contribution in [1.29, 1.82) is 0 Å². The number of nitrogens with one attached hydrogen (secondary N) is 1. The van der Waals surface area contributed by atoms with Crippen molar-refractivity contribution in [1.82, 2.24) is 5.32 Å². The van der Waals surface area contributed by atoms with E-state index in [1.807, 2.05) is 13.8 Å². The van der Waals surface area contributed by atoms with Gasteiger partial charge in [-0.15, -0.1) is 0 Å². The van der Waals surface area contributed by atoms with Crippen molar-refractivity contribution in [3.05, 3.63) is 0 Å². The van der Waals surface area contributed by atoms with Gasteiger partial charge >= 0.3 is 0 Å². The Hall–Kier alpha value is -0.650. The van der Waals surface area contributed by atoms with Gasteiger partial charge in [0.15, 0.2) is 5.79 Å². The fourth-order valence-electron chi connectivity index (χ4n) is 2.74. The van der Waals surface area contributed by atoms with Gasteiger partial charge in [0.05, 0.1) is 12.6 Å². The topological polar surface area (TPSA) is 73.6 Å². The van der Waals surface area contributed by atoms with Crippen molar-refractivity contribution >= 4 is 5.91 Å². The molecule has 3 unspecified atom stereocenters. The largest absolute Gasteiger partial charge is 0.352 e. The van der Waals surface area contributed by atoms with Crippen molar-refractivity contribution in [3.8, 4) is 0 Å². The number of amides is 1. The monoisotopic (exact) mass is 270 g/mol. The molecule has 1 saturated carbocycles. The van der Waals surface area contributed by atoms with E-state index >= 15 is 0 Å². The Morgan fingerprint density at radius 2 is 2.16 bits per heavy atom. The second-order valence-electron chi connectivity index (χ2n) is 5.83. The molecule has 1 aliphatic carbocycles.